The summed E-state index contributed by atoms with van der Waals surface area (Å²) in [7, 11) is -3.39. The number of fused-ring (bicyclic) bond motifs is 1. The van der Waals surface area contributed by atoms with Crippen LogP contribution in [0.4, 0.5) is 10.5 Å². The number of amides is 3. The number of ether oxygens (including phenoxy) is 1. The Labute approximate surface area is 164 Å². The van der Waals surface area contributed by atoms with E-state index in [4.69, 9.17) is 4.74 Å². The van der Waals surface area contributed by atoms with Crippen molar-refractivity contribution in [3.05, 3.63) is 29.3 Å². The Morgan fingerprint density at radius 1 is 1.25 bits per heavy atom. The molecular weight excluding hydrogens is 386 g/mol. The standard InChI is InChI=1S/C18H25N3O6S/c1-12(2)10-19-18(24)20-16(22)11-27-17(23)14-6-7-15-13(9-14)5-4-8-21(15)28(3,25)26/h6-7,9,12H,4-5,8,10-11H2,1-3H3,(H2,19,20,22,24). The second kappa shape index (κ2) is 9.05. The molecule has 1 aliphatic heterocycles. The highest BCUT2D eigenvalue weighted by Crippen LogP contribution is 2.30. The molecule has 2 N–H and O–H groups in total. The van der Waals surface area contributed by atoms with Crippen LogP contribution in [0, 0.1) is 5.92 Å². The number of anilines is 1. The molecule has 28 heavy (non-hydrogen) atoms. The van der Waals surface area contributed by atoms with Crippen molar-refractivity contribution in [1.29, 1.82) is 0 Å². The van der Waals surface area contributed by atoms with E-state index in [-0.39, 0.29) is 11.5 Å². The summed E-state index contributed by atoms with van der Waals surface area (Å²) in [5, 5.41) is 4.59. The average Bonchev–Trinajstić information content (AvgIpc) is 2.62. The third-order valence-corrected chi connectivity index (χ3v) is 5.23. The number of hydrogen-bond acceptors (Lipinski definition) is 6. The van der Waals surface area contributed by atoms with Gasteiger partial charge in [0.1, 0.15) is 0 Å². The third kappa shape index (κ3) is 5.95. The molecule has 0 saturated heterocycles. The predicted molar refractivity (Wildman–Crippen MR) is 104 cm³/mol. The minimum atomic E-state index is -3.39. The van der Waals surface area contributed by atoms with E-state index in [0.29, 0.717) is 31.6 Å². The minimum absolute atomic E-state index is 0.214. The SMILES string of the molecule is CC(C)CNC(=O)NC(=O)COC(=O)c1ccc2c(c1)CCCN2S(C)(=O)=O. The fourth-order valence-electron chi connectivity index (χ4n) is 2.75. The van der Waals surface area contributed by atoms with Crippen LogP contribution in [0.2, 0.25) is 0 Å². The van der Waals surface area contributed by atoms with Crippen molar-refractivity contribution in [1.82, 2.24) is 10.6 Å². The summed E-state index contributed by atoms with van der Waals surface area (Å²) in [4.78, 5) is 35.4. The lowest BCUT2D eigenvalue weighted by molar-refractivity contribution is -0.123. The largest absolute Gasteiger partial charge is 0.452 e. The number of rotatable bonds is 6. The summed E-state index contributed by atoms with van der Waals surface area (Å²) in [5.74, 6) is -1.23. The van der Waals surface area contributed by atoms with Gasteiger partial charge in [0.25, 0.3) is 5.91 Å². The van der Waals surface area contributed by atoms with Crippen LogP contribution < -0.4 is 14.9 Å². The number of sulfonamides is 1. The predicted octanol–water partition coefficient (Wildman–Crippen LogP) is 1.04. The van der Waals surface area contributed by atoms with Crippen LogP contribution in [0.5, 0.6) is 0 Å². The molecule has 1 aromatic rings. The van der Waals surface area contributed by atoms with Crippen LogP contribution in [0.25, 0.3) is 0 Å². The van der Waals surface area contributed by atoms with Crippen LogP contribution in [0.15, 0.2) is 18.2 Å². The van der Waals surface area contributed by atoms with Gasteiger partial charge in [-0.2, -0.15) is 0 Å². The van der Waals surface area contributed by atoms with Crippen molar-refractivity contribution in [3.63, 3.8) is 0 Å². The van der Waals surface area contributed by atoms with Crippen molar-refractivity contribution in [2.75, 3.05) is 30.3 Å². The van der Waals surface area contributed by atoms with Gasteiger partial charge in [-0.1, -0.05) is 13.8 Å². The lowest BCUT2D eigenvalue weighted by atomic mass is 10.0. The van der Waals surface area contributed by atoms with Crippen molar-refractivity contribution in [3.8, 4) is 0 Å². The van der Waals surface area contributed by atoms with E-state index in [0.717, 1.165) is 11.8 Å². The Kier molecular flexibility index (Phi) is 7.00. The highest BCUT2D eigenvalue weighted by Gasteiger charge is 2.25. The molecule has 0 saturated carbocycles. The van der Waals surface area contributed by atoms with Crippen LogP contribution >= 0.6 is 0 Å². The zero-order valence-electron chi connectivity index (χ0n) is 16.1. The van der Waals surface area contributed by atoms with Gasteiger partial charge in [0.2, 0.25) is 10.0 Å². The molecule has 0 bridgehead atoms. The van der Waals surface area contributed by atoms with Crippen molar-refractivity contribution in [2.45, 2.75) is 26.7 Å². The summed E-state index contributed by atoms with van der Waals surface area (Å²) in [5.41, 5.74) is 1.49. The fraction of sp³-hybridized carbons (Fsp3) is 0.500. The summed E-state index contributed by atoms with van der Waals surface area (Å²) in [6, 6.07) is 3.94. The van der Waals surface area contributed by atoms with Crippen LogP contribution in [0.3, 0.4) is 0 Å². The molecule has 1 aromatic carbocycles. The molecule has 1 aliphatic rings. The molecule has 0 aromatic heterocycles. The van der Waals surface area contributed by atoms with Gasteiger partial charge in [-0.3, -0.25) is 14.4 Å². The third-order valence-electron chi connectivity index (χ3n) is 4.05. The Morgan fingerprint density at radius 2 is 1.96 bits per heavy atom. The van der Waals surface area contributed by atoms with Crippen molar-refractivity contribution < 1.29 is 27.5 Å². The van der Waals surface area contributed by atoms with E-state index in [1.807, 2.05) is 13.8 Å². The summed E-state index contributed by atoms with van der Waals surface area (Å²) in [6.07, 6.45) is 2.42. The number of nitrogens with one attached hydrogen (secondary N) is 2. The number of hydrogen-bond donors (Lipinski definition) is 2. The maximum absolute atomic E-state index is 12.2. The molecule has 10 heteroatoms. The number of nitrogens with zero attached hydrogens (tertiary/aromatic N) is 1. The molecule has 0 spiro atoms. The normalized spacial score (nSPS) is 13.6. The van der Waals surface area contributed by atoms with E-state index in [9.17, 15) is 22.8 Å². The second-order valence-corrected chi connectivity index (χ2v) is 8.92. The zero-order chi connectivity index (χ0) is 20.9. The zero-order valence-corrected chi connectivity index (χ0v) is 17.0. The maximum atomic E-state index is 12.2. The van der Waals surface area contributed by atoms with Gasteiger partial charge in [0, 0.05) is 13.1 Å². The molecule has 3 amide bonds. The molecule has 0 radical (unpaired) electrons. The summed E-state index contributed by atoms with van der Waals surface area (Å²) in [6.45, 7) is 4.04. The maximum Gasteiger partial charge on any atom is 0.338 e. The molecule has 0 atom stereocenters. The topological polar surface area (TPSA) is 122 Å². The van der Waals surface area contributed by atoms with E-state index in [1.165, 1.54) is 10.4 Å². The number of imide groups is 1. The van der Waals surface area contributed by atoms with Gasteiger partial charge in [-0.05, 0) is 42.5 Å². The first-order valence-electron chi connectivity index (χ1n) is 8.93. The molecule has 1 heterocycles. The van der Waals surface area contributed by atoms with Gasteiger partial charge in [0.05, 0.1) is 17.5 Å². The number of aryl methyl sites for hydroxylation is 1. The van der Waals surface area contributed by atoms with Gasteiger partial charge in [-0.15, -0.1) is 0 Å². The minimum Gasteiger partial charge on any atom is -0.452 e. The highest BCUT2D eigenvalue weighted by molar-refractivity contribution is 7.92. The van der Waals surface area contributed by atoms with Crippen LogP contribution in [-0.4, -0.2) is 52.3 Å². The Balaban J connectivity index is 1.95. The molecule has 0 fully saturated rings. The van der Waals surface area contributed by atoms with E-state index >= 15 is 0 Å². The first kappa shape index (κ1) is 21.7. The molecular formula is C18H25N3O6S. The van der Waals surface area contributed by atoms with Crippen molar-refractivity contribution in [2.24, 2.45) is 5.92 Å². The lowest BCUT2D eigenvalue weighted by Gasteiger charge is -2.29. The number of esters is 1. The van der Waals surface area contributed by atoms with Gasteiger partial charge >= 0.3 is 12.0 Å². The molecule has 154 valence electrons. The van der Waals surface area contributed by atoms with Crippen LogP contribution in [0.1, 0.15) is 36.2 Å². The molecule has 0 unspecified atom stereocenters. The number of benzene rings is 1. The van der Waals surface area contributed by atoms with E-state index in [1.54, 1.807) is 12.1 Å². The molecule has 0 aliphatic carbocycles. The lowest BCUT2D eigenvalue weighted by Crippen LogP contribution is -2.42. The van der Waals surface area contributed by atoms with E-state index < -0.39 is 34.5 Å². The number of urea groups is 1. The molecule has 2 rings (SSSR count). The average molecular weight is 411 g/mol. The first-order valence-corrected chi connectivity index (χ1v) is 10.8. The van der Waals surface area contributed by atoms with Gasteiger partial charge in [0.15, 0.2) is 6.61 Å². The second-order valence-electron chi connectivity index (χ2n) is 7.01. The Hall–Kier alpha value is -2.62. The molecule has 9 nitrogen and oxygen atoms in total. The monoisotopic (exact) mass is 411 g/mol. The summed E-state index contributed by atoms with van der Waals surface area (Å²) >= 11 is 0. The fourth-order valence-corrected chi connectivity index (χ4v) is 3.75. The Morgan fingerprint density at radius 3 is 2.61 bits per heavy atom. The number of carbonyl (C=O) groups excluding carboxylic acids is 3. The highest BCUT2D eigenvalue weighted by atomic mass is 32.2. The number of carbonyl (C=O) groups is 3. The van der Waals surface area contributed by atoms with Gasteiger partial charge in [-0.25, -0.2) is 18.0 Å². The quantitative estimate of drug-likeness (QED) is 0.675. The Bertz CT molecular complexity index is 866. The van der Waals surface area contributed by atoms with Crippen molar-refractivity contribution >= 4 is 33.6 Å². The van der Waals surface area contributed by atoms with Crippen LogP contribution in [-0.2, 0) is 26.0 Å². The van der Waals surface area contributed by atoms with Gasteiger partial charge < -0.3 is 10.1 Å². The first-order chi connectivity index (χ1) is 13.1. The van der Waals surface area contributed by atoms with E-state index in [2.05, 4.69) is 10.6 Å². The smallest absolute Gasteiger partial charge is 0.338 e. The summed E-state index contributed by atoms with van der Waals surface area (Å²) < 4.78 is 30.0.